The molecule has 1 aliphatic carbocycles. The summed E-state index contributed by atoms with van der Waals surface area (Å²) in [6, 6.07) is 3.96. The van der Waals surface area contributed by atoms with Gasteiger partial charge in [-0.05, 0) is 44.1 Å². The Hall–Kier alpha value is -1.79. The summed E-state index contributed by atoms with van der Waals surface area (Å²) >= 11 is 1.58. The van der Waals surface area contributed by atoms with Crippen molar-refractivity contribution in [2.45, 2.75) is 51.0 Å². The Bertz CT molecular complexity index is 759. The molecule has 26 heavy (non-hydrogen) atoms. The van der Waals surface area contributed by atoms with Gasteiger partial charge in [0.05, 0.1) is 6.10 Å². The SMILES string of the molecule is CC1=NC2=C(C(=O)CCC2)[C@H](c2cccs2)C1C(=O)OC[C@@H]1CCCO1. The molecule has 0 bridgehead atoms. The lowest BCUT2D eigenvalue weighted by Gasteiger charge is -2.33. The smallest absolute Gasteiger partial charge is 0.315 e. The summed E-state index contributed by atoms with van der Waals surface area (Å²) in [5.74, 6) is -0.981. The van der Waals surface area contributed by atoms with Gasteiger partial charge in [0.1, 0.15) is 12.5 Å². The van der Waals surface area contributed by atoms with Crippen molar-refractivity contribution in [3.05, 3.63) is 33.7 Å². The van der Waals surface area contributed by atoms with Gasteiger partial charge in [-0.25, -0.2) is 0 Å². The molecule has 3 atom stereocenters. The molecule has 0 saturated carbocycles. The molecule has 1 aromatic heterocycles. The number of rotatable bonds is 4. The van der Waals surface area contributed by atoms with Gasteiger partial charge in [-0.1, -0.05) is 6.07 Å². The summed E-state index contributed by atoms with van der Waals surface area (Å²) in [7, 11) is 0. The van der Waals surface area contributed by atoms with Crippen LogP contribution in [0.15, 0.2) is 33.8 Å². The van der Waals surface area contributed by atoms with E-state index in [1.807, 2.05) is 24.4 Å². The highest BCUT2D eigenvalue weighted by Crippen LogP contribution is 2.44. The second-order valence-corrected chi connectivity index (χ2v) is 8.11. The zero-order valence-electron chi connectivity index (χ0n) is 14.9. The zero-order valence-corrected chi connectivity index (χ0v) is 15.7. The van der Waals surface area contributed by atoms with Crippen LogP contribution in [0.1, 0.15) is 49.8 Å². The van der Waals surface area contributed by atoms with Gasteiger partial charge in [-0.3, -0.25) is 14.6 Å². The number of thiophene rings is 1. The molecular formula is C20H23NO4S. The Labute approximate surface area is 157 Å². The third-order valence-corrected chi connectivity index (χ3v) is 6.33. The molecule has 1 aromatic rings. The first-order valence-corrected chi connectivity index (χ1v) is 10.2. The third kappa shape index (κ3) is 3.28. The highest BCUT2D eigenvalue weighted by Gasteiger charge is 2.43. The first kappa shape index (κ1) is 17.6. The monoisotopic (exact) mass is 373 g/mol. The molecule has 4 rings (SSSR count). The van der Waals surface area contributed by atoms with Crippen molar-refractivity contribution in [3.8, 4) is 0 Å². The van der Waals surface area contributed by atoms with Crippen LogP contribution in [0.4, 0.5) is 0 Å². The van der Waals surface area contributed by atoms with Crippen molar-refractivity contribution in [2.24, 2.45) is 10.9 Å². The largest absolute Gasteiger partial charge is 0.462 e. The molecule has 5 nitrogen and oxygen atoms in total. The molecule has 0 spiro atoms. The molecule has 0 amide bonds. The average molecular weight is 373 g/mol. The number of carbonyl (C=O) groups is 2. The van der Waals surface area contributed by atoms with Gasteiger partial charge in [0, 0.05) is 40.8 Å². The van der Waals surface area contributed by atoms with E-state index in [9.17, 15) is 9.59 Å². The van der Waals surface area contributed by atoms with Gasteiger partial charge in [0.2, 0.25) is 0 Å². The number of nitrogens with zero attached hydrogens (tertiary/aromatic N) is 1. The first-order chi connectivity index (χ1) is 12.6. The van der Waals surface area contributed by atoms with Gasteiger partial charge in [-0.15, -0.1) is 11.3 Å². The summed E-state index contributed by atoms with van der Waals surface area (Å²) < 4.78 is 11.2. The number of carbonyl (C=O) groups excluding carboxylic acids is 2. The lowest BCUT2D eigenvalue weighted by Crippen LogP contribution is -2.37. The molecule has 0 N–H and O–H groups in total. The molecule has 0 radical (unpaired) electrons. The van der Waals surface area contributed by atoms with E-state index in [4.69, 9.17) is 9.47 Å². The number of Topliss-reactive ketones (excluding diaryl/α,β-unsaturated/α-hetero) is 1. The maximum absolute atomic E-state index is 13.0. The molecule has 138 valence electrons. The molecule has 3 aliphatic rings. The molecule has 1 fully saturated rings. The molecular weight excluding hydrogens is 350 g/mol. The van der Waals surface area contributed by atoms with Crippen LogP contribution >= 0.6 is 11.3 Å². The zero-order chi connectivity index (χ0) is 18.1. The van der Waals surface area contributed by atoms with E-state index < -0.39 is 5.92 Å². The number of allylic oxidation sites excluding steroid dienone is 2. The van der Waals surface area contributed by atoms with E-state index >= 15 is 0 Å². The van der Waals surface area contributed by atoms with Crippen LogP contribution in [0.3, 0.4) is 0 Å². The Morgan fingerprint density at radius 2 is 2.27 bits per heavy atom. The third-order valence-electron chi connectivity index (χ3n) is 5.37. The fourth-order valence-corrected chi connectivity index (χ4v) is 5.00. The number of ketones is 1. The number of ether oxygens (including phenoxy) is 2. The topological polar surface area (TPSA) is 65.0 Å². The summed E-state index contributed by atoms with van der Waals surface area (Å²) in [6.07, 6.45) is 4.10. The van der Waals surface area contributed by atoms with Crippen LogP contribution in [-0.2, 0) is 19.1 Å². The van der Waals surface area contributed by atoms with Crippen molar-refractivity contribution in [2.75, 3.05) is 13.2 Å². The van der Waals surface area contributed by atoms with E-state index in [2.05, 4.69) is 4.99 Å². The molecule has 1 saturated heterocycles. The standard InChI is InChI=1S/C20H23NO4S/c1-12-17(20(23)25-11-13-5-3-9-24-13)19(16-8-4-10-26-16)18-14(21-12)6-2-7-15(18)22/h4,8,10,13,17,19H,2-3,5-7,9,11H2,1H3/t13-,17?,19+/m0/s1. The summed E-state index contributed by atoms with van der Waals surface area (Å²) in [5, 5.41) is 1.98. The number of hydrogen-bond acceptors (Lipinski definition) is 6. The van der Waals surface area contributed by atoms with E-state index in [1.165, 1.54) is 0 Å². The minimum atomic E-state index is -0.532. The Morgan fingerprint density at radius 1 is 1.38 bits per heavy atom. The maximum Gasteiger partial charge on any atom is 0.315 e. The van der Waals surface area contributed by atoms with Crippen LogP contribution in [0, 0.1) is 5.92 Å². The van der Waals surface area contributed by atoms with Crippen molar-refractivity contribution in [3.63, 3.8) is 0 Å². The predicted octanol–water partition coefficient (Wildman–Crippen LogP) is 3.65. The van der Waals surface area contributed by atoms with Crippen LogP contribution < -0.4 is 0 Å². The van der Waals surface area contributed by atoms with Crippen molar-refractivity contribution in [1.82, 2.24) is 0 Å². The van der Waals surface area contributed by atoms with Crippen LogP contribution in [0.5, 0.6) is 0 Å². The predicted molar refractivity (Wildman–Crippen MR) is 99.5 cm³/mol. The number of hydrogen-bond donors (Lipinski definition) is 0. The minimum Gasteiger partial charge on any atom is -0.462 e. The fourth-order valence-electron chi connectivity index (χ4n) is 4.13. The molecule has 0 aromatic carbocycles. The van der Waals surface area contributed by atoms with Gasteiger partial charge in [0.15, 0.2) is 5.78 Å². The molecule has 6 heteroatoms. The van der Waals surface area contributed by atoms with Crippen molar-refractivity contribution in [1.29, 1.82) is 0 Å². The van der Waals surface area contributed by atoms with Gasteiger partial charge >= 0.3 is 5.97 Å². The molecule has 2 aliphatic heterocycles. The lowest BCUT2D eigenvalue weighted by atomic mass is 9.74. The van der Waals surface area contributed by atoms with E-state index in [-0.39, 0.29) is 30.4 Å². The Kier molecular flexibility index (Phi) is 5.05. The lowest BCUT2D eigenvalue weighted by molar-refractivity contribution is -0.149. The molecule has 3 heterocycles. The highest BCUT2D eigenvalue weighted by atomic mass is 32.1. The van der Waals surface area contributed by atoms with Crippen LogP contribution in [-0.4, -0.2) is 36.8 Å². The van der Waals surface area contributed by atoms with Crippen LogP contribution in [0.2, 0.25) is 0 Å². The number of aliphatic imine (C=N–C) groups is 1. The minimum absolute atomic E-state index is 0.00828. The van der Waals surface area contributed by atoms with Crippen molar-refractivity contribution < 1.29 is 19.1 Å². The first-order valence-electron chi connectivity index (χ1n) is 9.28. The Balaban J connectivity index is 1.63. The normalized spacial score (nSPS) is 28.7. The second kappa shape index (κ2) is 7.45. The van der Waals surface area contributed by atoms with E-state index in [1.54, 1.807) is 11.3 Å². The average Bonchev–Trinajstić information content (AvgIpc) is 3.32. The fraction of sp³-hybridized carbons (Fsp3) is 0.550. The quantitative estimate of drug-likeness (QED) is 0.756. The van der Waals surface area contributed by atoms with Gasteiger partial charge < -0.3 is 9.47 Å². The van der Waals surface area contributed by atoms with Crippen LogP contribution in [0.25, 0.3) is 0 Å². The summed E-state index contributed by atoms with van der Waals surface area (Å²) in [4.78, 5) is 31.3. The van der Waals surface area contributed by atoms with Gasteiger partial charge in [-0.2, -0.15) is 0 Å². The van der Waals surface area contributed by atoms with E-state index in [0.717, 1.165) is 54.1 Å². The Morgan fingerprint density at radius 3 is 3.00 bits per heavy atom. The summed E-state index contributed by atoms with van der Waals surface area (Å²) in [5.41, 5.74) is 2.33. The number of esters is 1. The van der Waals surface area contributed by atoms with Gasteiger partial charge in [0.25, 0.3) is 0 Å². The maximum atomic E-state index is 13.0. The molecule has 1 unspecified atom stereocenters. The highest BCUT2D eigenvalue weighted by molar-refractivity contribution is 7.10. The summed E-state index contributed by atoms with van der Waals surface area (Å²) in [6.45, 7) is 2.88. The van der Waals surface area contributed by atoms with Crippen molar-refractivity contribution >= 4 is 28.8 Å². The van der Waals surface area contributed by atoms with E-state index in [0.29, 0.717) is 6.42 Å². The second-order valence-electron chi connectivity index (χ2n) is 7.13.